The summed E-state index contributed by atoms with van der Waals surface area (Å²) >= 11 is 1.58. The molecule has 0 fully saturated rings. The third kappa shape index (κ3) is 4.78. The Morgan fingerprint density at radius 3 is 2.45 bits per heavy atom. The molecule has 31 heavy (non-hydrogen) atoms. The zero-order valence-corrected chi connectivity index (χ0v) is 17.4. The van der Waals surface area contributed by atoms with Gasteiger partial charge in [-0.05, 0) is 53.9 Å². The number of nitrogens with one attached hydrogen (secondary N) is 4. The lowest BCUT2D eigenvalue weighted by Gasteiger charge is -2.06. The van der Waals surface area contributed by atoms with Gasteiger partial charge in [-0.3, -0.25) is 19.5 Å². The van der Waals surface area contributed by atoms with Crippen LogP contribution in [-0.2, 0) is 11.3 Å². The number of carbonyl (C=O) groups is 3. The lowest BCUT2D eigenvalue weighted by molar-refractivity contribution is -0.114. The van der Waals surface area contributed by atoms with Crippen LogP contribution in [0, 0.1) is 0 Å². The van der Waals surface area contributed by atoms with Gasteiger partial charge in [-0.15, -0.1) is 11.3 Å². The van der Waals surface area contributed by atoms with Crippen molar-refractivity contribution >= 4 is 51.5 Å². The van der Waals surface area contributed by atoms with Gasteiger partial charge < -0.3 is 16.0 Å². The van der Waals surface area contributed by atoms with Crippen LogP contribution in [0.4, 0.5) is 11.5 Å². The first kappa shape index (κ1) is 20.3. The number of hydrogen-bond donors (Lipinski definition) is 4. The van der Waals surface area contributed by atoms with Gasteiger partial charge in [0.25, 0.3) is 11.8 Å². The molecule has 0 atom stereocenters. The Morgan fingerprint density at radius 1 is 0.968 bits per heavy atom. The number of anilines is 2. The Bertz CT molecular complexity index is 1250. The molecule has 2 aromatic heterocycles. The summed E-state index contributed by atoms with van der Waals surface area (Å²) in [4.78, 5) is 37.3. The molecule has 0 aliphatic rings. The molecule has 0 aliphatic heterocycles. The number of thiophene rings is 1. The van der Waals surface area contributed by atoms with Crippen LogP contribution < -0.4 is 16.0 Å². The summed E-state index contributed by atoms with van der Waals surface area (Å²) in [7, 11) is 0. The van der Waals surface area contributed by atoms with Crippen LogP contribution in [0.25, 0.3) is 10.9 Å². The highest BCUT2D eigenvalue weighted by atomic mass is 32.1. The number of fused-ring (bicyclic) bond motifs is 1. The molecule has 4 aromatic rings. The van der Waals surface area contributed by atoms with Gasteiger partial charge in [0.15, 0.2) is 5.82 Å². The summed E-state index contributed by atoms with van der Waals surface area (Å²) in [6.45, 7) is 1.87. The van der Waals surface area contributed by atoms with Crippen molar-refractivity contribution in [2.45, 2.75) is 13.5 Å². The first-order valence-corrected chi connectivity index (χ1v) is 10.4. The van der Waals surface area contributed by atoms with E-state index in [-0.39, 0.29) is 17.7 Å². The summed E-state index contributed by atoms with van der Waals surface area (Å²) in [6.07, 6.45) is 0. The minimum Gasteiger partial charge on any atom is -0.347 e. The number of H-pyrrole nitrogens is 1. The fourth-order valence-electron chi connectivity index (χ4n) is 3.02. The third-order valence-corrected chi connectivity index (χ3v) is 5.40. The molecule has 0 saturated carbocycles. The SMILES string of the molecule is CC(=O)Nc1ccc(C(=O)Nc2n[nH]c3ccc(C(=O)NCc4cccs4)cc23)cc1. The van der Waals surface area contributed by atoms with Gasteiger partial charge in [0, 0.05) is 34.0 Å². The summed E-state index contributed by atoms with van der Waals surface area (Å²) in [6, 6.07) is 15.6. The molecule has 2 aromatic carbocycles. The van der Waals surface area contributed by atoms with Crippen molar-refractivity contribution in [3.63, 3.8) is 0 Å². The highest BCUT2D eigenvalue weighted by Crippen LogP contribution is 2.23. The van der Waals surface area contributed by atoms with E-state index in [1.165, 1.54) is 6.92 Å². The van der Waals surface area contributed by atoms with Gasteiger partial charge in [0.05, 0.1) is 12.1 Å². The second kappa shape index (κ2) is 8.80. The Labute approximate surface area is 181 Å². The van der Waals surface area contributed by atoms with Crippen molar-refractivity contribution in [2.24, 2.45) is 0 Å². The van der Waals surface area contributed by atoms with E-state index in [2.05, 4.69) is 26.1 Å². The number of aromatic nitrogens is 2. The van der Waals surface area contributed by atoms with Crippen molar-refractivity contribution in [2.75, 3.05) is 10.6 Å². The van der Waals surface area contributed by atoms with E-state index in [1.807, 2.05) is 17.5 Å². The molecule has 0 bridgehead atoms. The molecule has 2 heterocycles. The second-order valence-corrected chi connectivity index (χ2v) is 7.84. The minimum atomic E-state index is -0.352. The van der Waals surface area contributed by atoms with E-state index in [0.717, 1.165) is 4.88 Å². The van der Waals surface area contributed by atoms with Crippen LogP contribution in [0.3, 0.4) is 0 Å². The van der Waals surface area contributed by atoms with E-state index in [0.29, 0.717) is 40.1 Å². The molecular weight excluding hydrogens is 414 g/mol. The standard InChI is InChI=1S/C22H19N5O3S/c1-13(28)24-16-7-4-14(5-8-16)22(30)25-20-18-11-15(6-9-19(18)26-27-20)21(29)23-12-17-3-2-10-31-17/h2-11H,12H2,1H3,(H,23,29)(H,24,28)(H2,25,26,27,30). The molecule has 9 heteroatoms. The van der Waals surface area contributed by atoms with Crippen molar-refractivity contribution in [3.05, 3.63) is 76.0 Å². The Morgan fingerprint density at radius 2 is 1.74 bits per heavy atom. The number of nitrogens with zero attached hydrogens (tertiary/aromatic N) is 1. The maximum Gasteiger partial charge on any atom is 0.256 e. The molecule has 0 saturated heterocycles. The predicted molar refractivity (Wildman–Crippen MR) is 120 cm³/mol. The number of carbonyl (C=O) groups excluding carboxylic acids is 3. The van der Waals surface area contributed by atoms with Crippen LogP contribution in [0.15, 0.2) is 60.0 Å². The second-order valence-electron chi connectivity index (χ2n) is 6.81. The summed E-state index contributed by atoms with van der Waals surface area (Å²) in [5, 5.41) is 17.9. The molecule has 4 rings (SSSR count). The van der Waals surface area contributed by atoms with E-state index >= 15 is 0 Å². The maximum atomic E-state index is 12.6. The molecule has 0 radical (unpaired) electrons. The highest BCUT2D eigenvalue weighted by Gasteiger charge is 2.14. The minimum absolute atomic E-state index is 0.185. The van der Waals surface area contributed by atoms with E-state index in [4.69, 9.17) is 0 Å². The average molecular weight is 433 g/mol. The predicted octanol–water partition coefficient (Wildman–Crippen LogP) is 3.77. The van der Waals surface area contributed by atoms with Gasteiger partial charge >= 0.3 is 0 Å². The fraction of sp³-hybridized carbons (Fsp3) is 0.0909. The lowest BCUT2D eigenvalue weighted by Crippen LogP contribution is -2.22. The first-order valence-electron chi connectivity index (χ1n) is 9.47. The van der Waals surface area contributed by atoms with Crippen molar-refractivity contribution in [1.29, 1.82) is 0 Å². The molecular formula is C22H19N5O3S. The van der Waals surface area contributed by atoms with Gasteiger partial charge in [0.2, 0.25) is 5.91 Å². The summed E-state index contributed by atoms with van der Waals surface area (Å²) in [5.41, 5.74) is 2.19. The average Bonchev–Trinajstić information content (AvgIpc) is 3.42. The maximum absolute atomic E-state index is 12.6. The quantitative estimate of drug-likeness (QED) is 0.370. The normalized spacial score (nSPS) is 10.6. The van der Waals surface area contributed by atoms with E-state index < -0.39 is 0 Å². The fourth-order valence-corrected chi connectivity index (χ4v) is 3.67. The molecule has 156 valence electrons. The molecule has 0 aliphatic carbocycles. The smallest absolute Gasteiger partial charge is 0.256 e. The summed E-state index contributed by atoms with van der Waals surface area (Å²) < 4.78 is 0. The number of benzene rings is 2. The van der Waals surface area contributed by atoms with Crippen LogP contribution in [0.1, 0.15) is 32.5 Å². The van der Waals surface area contributed by atoms with E-state index in [1.54, 1.807) is 53.8 Å². The van der Waals surface area contributed by atoms with Crippen LogP contribution in [0.5, 0.6) is 0 Å². The Kier molecular flexibility index (Phi) is 5.76. The lowest BCUT2D eigenvalue weighted by atomic mass is 10.1. The van der Waals surface area contributed by atoms with Crippen LogP contribution in [0.2, 0.25) is 0 Å². The number of aromatic amines is 1. The number of hydrogen-bond acceptors (Lipinski definition) is 5. The number of rotatable bonds is 6. The largest absolute Gasteiger partial charge is 0.347 e. The van der Waals surface area contributed by atoms with Gasteiger partial charge in [-0.2, -0.15) is 5.10 Å². The molecule has 0 spiro atoms. The number of amides is 3. The Balaban J connectivity index is 1.48. The topological polar surface area (TPSA) is 116 Å². The molecule has 0 unspecified atom stereocenters. The zero-order valence-electron chi connectivity index (χ0n) is 16.6. The molecule has 8 nitrogen and oxygen atoms in total. The van der Waals surface area contributed by atoms with Crippen LogP contribution >= 0.6 is 11.3 Å². The van der Waals surface area contributed by atoms with Crippen molar-refractivity contribution in [1.82, 2.24) is 15.5 Å². The highest BCUT2D eigenvalue weighted by molar-refractivity contribution is 7.09. The zero-order chi connectivity index (χ0) is 21.8. The Hall–Kier alpha value is -3.98. The van der Waals surface area contributed by atoms with Gasteiger partial charge in [0.1, 0.15) is 0 Å². The van der Waals surface area contributed by atoms with E-state index in [9.17, 15) is 14.4 Å². The monoisotopic (exact) mass is 433 g/mol. The summed E-state index contributed by atoms with van der Waals surface area (Å²) in [5.74, 6) is -0.410. The molecule has 4 N–H and O–H groups in total. The van der Waals surface area contributed by atoms with Gasteiger partial charge in [-0.1, -0.05) is 6.07 Å². The van der Waals surface area contributed by atoms with Crippen LogP contribution in [-0.4, -0.2) is 27.9 Å². The third-order valence-electron chi connectivity index (χ3n) is 4.53. The first-order chi connectivity index (χ1) is 15.0. The molecule has 3 amide bonds. The van der Waals surface area contributed by atoms with Crippen molar-refractivity contribution in [3.8, 4) is 0 Å². The van der Waals surface area contributed by atoms with Crippen molar-refractivity contribution < 1.29 is 14.4 Å². The van der Waals surface area contributed by atoms with Gasteiger partial charge in [-0.25, -0.2) is 0 Å².